The third kappa shape index (κ3) is 3.20. The predicted octanol–water partition coefficient (Wildman–Crippen LogP) is 4.32. The number of anilines is 2. The van der Waals surface area contributed by atoms with Gasteiger partial charge in [0.2, 0.25) is 5.91 Å². The zero-order chi connectivity index (χ0) is 20.8. The van der Waals surface area contributed by atoms with E-state index in [9.17, 15) is 4.79 Å². The van der Waals surface area contributed by atoms with Crippen molar-refractivity contribution < 1.29 is 4.79 Å². The van der Waals surface area contributed by atoms with Crippen LogP contribution in [0.1, 0.15) is 23.8 Å². The van der Waals surface area contributed by atoms with Crippen molar-refractivity contribution in [2.45, 2.75) is 26.2 Å². The summed E-state index contributed by atoms with van der Waals surface area (Å²) in [7, 11) is 1.87. The number of hydrogen-bond acceptors (Lipinski definition) is 6. The fourth-order valence-corrected chi connectivity index (χ4v) is 5.51. The van der Waals surface area contributed by atoms with Gasteiger partial charge in [0.15, 0.2) is 0 Å². The van der Waals surface area contributed by atoms with Crippen molar-refractivity contribution in [3.05, 3.63) is 46.3 Å². The monoisotopic (exact) mass is 440 g/mol. The van der Waals surface area contributed by atoms with Gasteiger partial charge in [0.1, 0.15) is 17.0 Å². The van der Waals surface area contributed by atoms with Gasteiger partial charge in [-0.2, -0.15) is 5.10 Å². The molecule has 5 rings (SSSR count). The Morgan fingerprint density at radius 1 is 1.43 bits per heavy atom. The number of thiophene rings is 1. The Hall–Kier alpha value is -2.71. The molecule has 1 amide bonds. The predicted molar refractivity (Wildman–Crippen MR) is 120 cm³/mol. The lowest BCUT2D eigenvalue weighted by Crippen LogP contribution is -2.35. The molecule has 0 bridgehead atoms. The largest absolute Gasteiger partial charge is 0.346 e. The molecule has 1 aliphatic rings. The summed E-state index contributed by atoms with van der Waals surface area (Å²) in [4.78, 5) is 25.7. The maximum Gasteiger partial charge on any atom is 0.225 e. The minimum absolute atomic E-state index is 0.0404. The Morgan fingerprint density at radius 3 is 3.13 bits per heavy atom. The molecule has 4 aromatic heterocycles. The number of nitrogens with zero attached hydrogens (tertiary/aromatic N) is 5. The van der Waals surface area contributed by atoms with Crippen molar-refractivity contribution in [1.82, 2.24) is 24.5 Å². The van der Waals surface area contributed by atoms with E-state index in [4.69, 9.17) is 11.6 Å². The quantitative estimate of drug-likeness (QED) is 0.511. The number of pyridine rings is 1. The highest BCUT2D eigenvalue weighted by Gasteiger charge is 2.30. The molecule has 0 fully saturated rings. The Balaban J connectivity index is 1.51. The number of hydrogen-bond donors (Lipinski definition) is 1. The number of fused-ring (bicyclic) bond motifs is 4. The molecule has 1 N–H and O–H groups in total. The molecule has 0 radical (unpaired) electrons. The molecule has 0 spiro atoms. The van der Waals surface area contributed by atoms with Crippen LogP contribution in [-0.2, 0) is 17.6 Å². The number of carbonyl (C=O) groups excluding carboxylic acids is 1. The van der Waals surface area contributed by atoms with Gasteiger partial charge < -0.3 is 10.2 Å². The number of carbonyl (C=O) groups is 1. The number of halogens is 1. The normalized spacial score (nSPS) is 16.0. The minimum Gasteiger partial charge on any atom is -0.346 e. The van der Waals surface area contributed by atoms with E-state index >= 15 is 0 Å². The summed E-state index contributed by atoms with van der Waals surface area (Å²) < 4.78 is 1.74. The average Bonchev–Trinajstić information content (AvgIpc) is 3.36. The first kappa shape index (κ1) is 19.3. The van der Waals surface area contributed by atoms with Gasteiger partial charge in [-0.1, -0.05) is 11.6 Å². The molecule has 0 aliphatic heterocycles. The van der Waals surface area contributed by atoms with Crippen molar-refractivity contribution in [1.29, 1.82) is 0 Å². The third-order valence-electron chi connectivity index (χ3n) is 5.78. The summed E-state index contributed by atoms with van der Waals surface area (Å²) in [6.07, 6.45) is 7.55. The van der Waals surface area contributed by atoms with Crippen LogP contribution in [0.4, 0.5) is 11.5 Å². The summed E-state index contributed by atoms with van der Waals surface area (Å²) >= 11 is 8.13. The molecule has 0 saturated carbocycles. The average molecular weight is 441 g/mol. The van der Waals surface area contributed by atoms with Crippen LogP contribution >= 0.6 is 22.9 Å². The van der Waals surface area contributed by atoms with Gasteiger partial charge in [0, 0.05) is 36.8 Å². The van der Waals surface area contributed by atoms with E-state index in [1.165, 1.54) is 10.4 Å². The van der Waals surface area contributed by atoms with Gasteiger partial charge in [-0.15, -0.1) is 11.3 Å². The minimum atomic E-state index is 0.0404. The highest BCUT2D eigenvalue weighted by molar-refractivity contribution is 7.19. The first-order valence-electron chi connectivity index (χ1n) is 9.95. The standard InChI is InChI=1S/C21H21ClN6OS/c1-3-27(2)21(29)12-4-5-14-17(8-12)30-20-18(14)19(23-11-24-20)26-16-9-13-6-7-25-28(13)10-15(16)22/h6-7,9-12H,3-5,8H2,1-2H3,(H,23,24,26)/t12-/m0/s1. The second kappa shape index (κ2) is 7.52. The highest BCUT2D eigenvalue weighted by Crippen LogP contribution is 2.41. The van der Waals surface area contributed by atoms with Gasteiger partial charge in [-0.05, 0) is 43.9 Å². The molecule has 4 aromatic rings. The van der Waals surface area contributed by atoms with Crippen LogP contribution in [0.5, 0.6) is 0 Å². The molecule has 1 aliphatic carbocycles. The van der Waals surface area contributed by atoms with Crippen molar-refractivity contribution in [2.24, 2.45) is 5.92 Å². The van der Waals surface area contributed by atoms with Crippen LogP contribution < -0.4 is 5.32 Å². The van der Waals surface area contributed by atoms with Crippen molar-refractivity contribution in [2.75, 3.05) is 18.9 Å². The summed E-state index contributed by atoms with van der Waals surface area (Å²) in [6.45, 7) is 2.74. The lowest BCUT2D eigenvalue weighted by atomic mass is 9.87. The second-order valence-corrected chi connectivity index (χ2v) is 9.05. The number of aryl methyl sites for hydroxylation is 1. The Labute approximate surface area is 182 Å². The molecular weight excluding hydrogens is 420 g/mol. The zero-order valence-electron chi connectivity index (χ0n) is 16.7. The first-order chi connectivity index (χ1) is 14.5. The zero-order valence-corrected chi connectivity index (χ0v) is 18.3. The van der Waals surface area contributed by atoms with Crippen molar-refractivity contribution >= 4 is 56.1 Å². The highest BCUT2D eigenvalue weighted by atomic mass is 35.5. The van der Waals surface area contributed by atoms with Crippen LogP contribution in [0.25, 0.3) is 15.7 Å². The van der Waals surface area contributed by atoms with E-state index in [1.807, 2.05) is 31.0 Å². The topological polar surface area (TPSA) is 75.4 Å². The fourth-order valence-electron chi connectivity index (χ4n) is 4.05. The van der Waals surface area contributed by atoms with Gasteiger partial charge in [0.25, 0.3) is 0 Å². The summed E-state index contributed by atoms with van der Waals surface area (Å²) in [6, 6.07) is 3.88. The van der Waals surface area contributed by atoms with E-state index in [1.54, 1.807) is 34.6 Å². The van der Waals surface area contributed by atoms with Crippen LogP contribution in [0.3, 0.4) is 0 Å². The summed E-state index contributed by atoms with van der Waals surface area (Å²) in [5, 5.41) is 9.22. The fraction of sp³-hybridized carbons (Fsp3) is 0.333. The SMILES string of the molecule is CCN(C)C(=O)[C@H]1CCc2c(sc3ncnc(Nc4cc5ccnn5cc4Cl)c23)C1. The molecule has 1 atom stereocenters. The van der Waals surface area contributed by atoms with E-state index in [0.29, 0.717) is 5.02 Å². The second-order valence-electron chi connectivity index (χ2n) is 7.56. The number of amides is 1. The smallest absolute Gasteiger partial charge is 0.225 e. The maximum atomic E-state index is 12.7. The van der Waals surface area contributed by atoms with E-state index < -0.39 is 0 Å². The van der Waals surface area contributed by atoms with Crippen LogP contribution in [0, 0.1) is 5.92 Å². The molecule has 9 heteroatoms. The van der Waals surface area contributed by atoms with Gasteiger partial charge >= 0.3 is 0 Å². The lowest BCUT2D eigenvalue weighted by Gasteiger charge is -2.26. The van der Waals surface area contributed by atoms with E-state index in [0.717, 1.165) is 53.0 Å². The summed E-state index contributed by atoms with van der Waals surface area (Å²) in [5.74, 6) is 1.02. The molecule has 0 unspecified atom stereocenters. The first-order valence-corrected chi connectivity index (χ1v) is 11.1. The van der Waals surface area contributed by atoms with E-state index in [-0.39, 0.29) is 11.8 Å². The van der Waals surface area contributed by atoms with E-state index in [2.05, 4.69) is 20.4 Å². The van der Waals surface area contributed by atoms with Crippen LogP contribution in [0.15, 0.2) is 30.9 Å². The number of rotatable bonds is 4. The third-order valence-corrected chi connectivity index (χ3v) is 7.25. The van der Waals surface area contributed by atoms with Gasteiger partial charge in [-0.25, -0.2) is 14.5 Å². The molecular formula is C21H21ClN6OS. The molecule has 0 saturated heterocycles. The molecule has 154 valence electrons. The summed E-state index contributed by atoms with van der Waals surface area (Å²) in [5.41, 5.74) is 2.97. The molecule has 30 heavy (non-hydrogen) atoms. The Morgan fingerprint density at radius 2 is 2.30 bits per heavy atom. The van der Waals surface area contributed by atoms with Gasteiger partial charge in [-0.3, -0.25) is 4.79 Å². The van der Waals surface area contributed by atoms with Crippen molar-refractivity contribution in [3.8, 4) is 0 Å². The number of aromatic nitrogens is 4. The maximum absolute atomic E-state index is 12.7. The molecule has 0 aromatic carbocycles. The lowest BCUT2D eigenvalue weighted by molar-refractivity contribution is -0.134. The van der Waals surface area contributed by atoms with Crippen molar-refractivity contribution in [3.63, 3.8) is 0 Å². The molecule has 7 nitrogen and oxygen atoms in total. The van der Waals surface area contributed by atoms with Gasteiger partial charge in [0.05, 0.1) is 21.6 Å². The van der Waals surface area contributed by atoms with Crippen LogP contribution in [-0.4, -0.2) is 44.0 Å². The van der Waals surface area contributed by atoms with Crippen LogP contribution in [0.2, 0.25) is 5.02 Å². The molecule has 4 heterocycles. The number of nitrogens with one attached hydrogen (secondary N) is 1. The Bertz CT molecular complexity index is 1270. The Kier molecular flexibility index (Phi) is 4.83.